The Balaban J connectivity index is 1.19. The number of phenols is 1. The number of hydrogen-bond acceptors (Lipinski definition) is 11. The number of rotatable bonds is 13. The van der Waals surface area contributed by atoms with Crippen molar-refractivity contribution in [1.82, 2.24) is 35.9 Å². The number of aromatic amines is 1. The molecule has 7 rings (SSSR count). The van der Waals surface area contributed by atoms with Crippen molar-refractivity contribution in [3.05, 3.63) is 107 Å². The van der Waals surface area contributed by atoms with Crippen LogP contribution in [0.25, 0.3) is 11.2 Å². The Morgan fingerprint density at radius 2 is 1.68 bits per heavy atom. The normalized spacial score (nSPS) is 20.4. The van der Waals surface area contributed by atoms with Gasteiger partial charge in [0.15, 0.2) is 11.5 Å². The molecule has 15 nitrogen and oxygen atoms in total. The monoisotopic (exact) mass is 815 g/mol. The number of anilines is 2. The van der Waals surface area contributed by atoms with Gasteiger partial charge in [0.1, 0.15) is 29.3 Å². The van der Waals surface area contributed by atoms with Gasteiger partial charge in [0.25, 0.3) is 0 Å². The molecule has 3 heterocycles. The van der Waals surface area contributed by atoms with Crippen molar-refractivity contribution in [2.45, 2.75) is 75.0 Å². The highest BCUT2D eigenvalue weighted by molar-refractivity contribution is 5.85. The standard InChI is InChI=1S/C41H44F3N9O6/c1-2-31(55)48-30-19-28(34(33(30)56)59-38(57)41(42,43)44)35-49-32-36(45-21-29(24-11-5-3-6-12-24)25-13-7-4-8-14-25)51-39(52-37(32)50-35)53-17-16-26(22-53)47-40(58)46-20-23-10-9-15-27(54)18-23/h3-15,18,26,28-30,33-34,54,56H,2,16-17,19-22H2,1H3,(H,48,55)(H2,46,47,58)(H2,45,49,50,51,52)/t26-,28+,30+,33-,34+/m1/s1. The van der Waals surface area contributed by atoms with Crippen molar-refractivity contribution in [2.75, 3.05) is 29.9 Å². The van der Waals surface area contributed by atoms with Gasteiger partial charge >= 0.3 is 18.2 Å². The first-order valence-corrected chi connectivity index (χ1v) is 19.3. The van der Waals surface area contributed by atoms with E-state index in [-0.39, 0.29) is 54.5 Å². The number of urea groups is 1. The minimum absolute atomic E-state index is 0.0580. The number of ether oxygens (including phenoxy) is 1. The van der Waals surface area contributed by atoms with Crippen LogP contribution in [-0.2, 0) is 20.9 Å². The van der Waals surface area contributed by atoms with Gasteiger partial charge in [-0.3, -0.25) is 4.79 Å². The number of esters is 1. The summed E-state index contributed by atoms with van der Waals surface area (Å²) in [4.78, 5) is 56.6. The van der Waals surface area contributed by atoms with Gasteiger partial charge in [0.05, 0.1) is 12.0 Å². The lowest BCUT2D eigenvalue weighted by Gasteiger charge is -2.23. The maximum absolute atomic E-state index is 13.4. The van der Waals surface area contributed by atoms with Crippen LogP contribution in [0, 0.1) is 0 Å². The van der Waals surface area contributed by atoms with Crippen molar-refractivity contribution < 1.29 is 42.5 Å². The van der Waals surface area contributed by atoms with Crippen LogP contribution in [0.15, 0.2) is 84.9 Å². The zero-order valence-corrected chi connectivity index (χ0v) is 31.9. The van der Waals surface area contributed by atoms with E-state index in [1.165, 1.54) is 0 Å². The quantitative estimate of drug-likeness (QED) is 0.0819. The summed E-state index contributed by atoms with van der Waals surface area (Å²) in [5.41, 5.74) is 3.27. The fourth-order valence-electron chi connectivity index (χ4n) is 7.57. The molecule has 2 aromatic heterocycles. The van der Waals surface area contributed by atoms with Gasteiger partial charge < -0.3 is 46.1 Å². The van der Waals surface area contributed by atoms with Crippen LogP contribution in [0.5, 0.6) is 5.75 Å². The summed E-state index contributed by atoms with van der Waals surface area (Å²) in [6, 6.07) is 24.6. The number of phenolic OH excluding ortho intramolecular Hbond substituents is 1. The Labute approximate surface area is 336 Å². The summed E-state index contributed by atoms with van der Waals surface area (Å²) in [5, 5.41) is 32.7. The number of H-pyrrole nitrogens is 1. The fraction of sp³-hybridized carbons (Fsp3) is 0.366. The average Bonchev–Trinajstić information content (AvgIpc) is 3.95. The number of aromatic nitrogens is 4. The Morgan fingerprint density at radius 1 is 0.966 bits per heavy atom. The molecule has 5 atom stereocenters. The smallest absolute Gasteiger partial charge is 0.490 e. The molecular weight excluding hydrogens is 772 g/mol. The maximum atomic E-state index is 13.4. The lowest BCUT2D eigenvalue weighted by molar-refractivity contribution is -0.209. The van der Waals surface area contributed by atoms with E-state index in [2.05, 4.69) is 31.2 Å². The highest BCUT2D eigenvalue weighted by Crippen LogP contribution is 2.39. The van der Waals surface area contributed by atoms with E-state index >= 15 is 0 Å². The predicted molar refractivity (Wildman–Crippen MR) is 211 cm³/mol. The van der Waals surface area contributed by atoms with Crippen molar-refractivity contribution in [2.24, 2.45) is 0 Å². The number of aromatic hydroxyl groups is 1. The summed E-state index contributed by atoms with van der Waals surface area (Å²) < 4.78 is 45.2. The van der Waals surface area contributed by atoms with Crippen LogP contribution < -0.4 is 26.2 Å². The number of aliphatic hydroxyl groups is 1. The van der Waals surface area contributed by atoms with Crippen LogP contribution in [-0.4, -0.2) is 98.2 Å². The Bertz CT molecular complexity index is 2220. The number of carbonyl (C=O) groups is 3. The minimum Gasteiger partial charge on any atom is -0.508 e. The third kappa shape index (κ3) is 9.65. The van der Waals surface area contributed by atoms with Gasteiger partial charge in [-0.2, -0.15) is 23.1 Å². The SMILES string of the molecule is CCC(=O)N[C@H]1C[C@H](c2nc3nc(N4CC[C@@H](NC(=O)NCc5cccc(O)c5)C4)nc(NCC(c4ccccc4)c4ccccc4)c3[nH]2)[C@H](OC(=O)C(F)(F)F)[C@@H]1O. The zero-order valence-electron chi connectivity index (χ0n) is 31.9. The molecule has 59 heavy (non-hydrogen) atoms. The van der Waals surface area contributed by atoms with Crippen LogP contribution >= 0.6 is 0 Å². The molecule has 2 fully saturated rings. The van der Waals surface area contributed by atoms with E-state index in [1.807, 2.05) is 65.6 Å². The van der Waals surface area contributed by atoms with Gasteiger partial charge in [-0.25, -0.2) is 14.6 Å². The zero-order chi connectivity index (χ0) is 41.7. The number of alkyl halides is 3. The highest BCUT2D eigenvalue weighted by Gasteiger charge is 2.51. The molecule has 1 saturated carbocycles. The molecule has 3 aromatic carbocycles. The van der Waals surface area contributed by atoms with Gasteiger partial charge in [-0.1, -0.05) is 79.7 Å². The third-order valence-electron chi connectivity index (χ3n) is 10.6. The summed E-state index contributed by atoms with van der Waals surface area (Å²) in [6.45, 7) is 2.98. The number of halogens is 3. The number of nitrogens with zero attached hydrogens (tertiary/aromatic N) is 4. The van der Waals surface area contributed by atoms with Crippen LogP contribution in [0.3, 0.4) is 0 Å². The van der Waals surface area contributed by atoms with E-state index in [9.17, 15) is 37.8 Å². The molecule has 0 unspecified atom stereocenters. The van der Waals surface area contributed by atoms with Crippen molar-refractivity contribution in [3.8, 4) is 5.75 Å². The molecule has 7 N–H and O–H groups in total. The molecule has 1 saturated heterocycles. The summed E-state index contributed by atoms with van der Waals surface area (Å²) in [5.74, 6) is -3.37. The Morgan fingerprint density at radius 3 is 2.34 bits per heavy atom. The number of nitrogens with one attached hydrogen (secondary N) is 5. The number of hydrogen-bond donors (Lipinski definition) is 7. The van der Waals surface area contributed by atoms with Crippen molar-refractivity contribution in [3.63, 3.8) is 0 Å². The van der Waals surface area contributed by atoms with E-state index in [4.69, 9.17) is 14.7 Å². The van der Waals surface area contributed by atoms with Gasteiger partial charge in [-0.15, -0.1) is 0 Å². The number of imidazole rings is 1. The number of amides is 3. The minimum atomic E-state index is -5.33. The fourth-order valence-corrected chi connectivity index (χ4v) is 7.57. The second-order valence-corrected chi connectivity index (χ2v) is 14.6. The summed E-state index contributed by atoms with van der Waals surface area (Å²) >= 11 is 0. The molecule has 0 radical (unpaired) electrons. The maximum Gasteiger partial charge on any atom is 0.490 e. The van der Waals surface area contributed by atoms with E-state index < -0.39 is 48.3 Å². The Hall–Kier alpha value is -6.43. The van der Waals surface area contributed by atoms with Crippen LogP contribution in [0.2, 0.25) is 0 Å². The molecule has 5 aromatic rings. The topological polar surface area (TPSA) is 207 Å². The molecule has 310 valence electrons. The largest absolute Gasteiger partial charge is 0.508 e. The average molecular weight is 816 g/mol. The van der Waals surface area contributed by atoms with Gasteiger partial charge in [0.2, 0.25) is 11.9 Å². The Kier molecular flexibility index (Phi) is 12.2. The number of carbonyl (C=O) groups excluding carboxylic acids is 3. The molecule has 0 spiro atoms. The highest BCUT2D eigenvalue weighted by atomic mass is 19.4. The first-order valence-electron chi connectivity index (χ1n) is 19.3. The van der Waals surface area contributed by atoms with E-state index in [0.717, 1.165) is 16.7 Å². The molecule has 2 aliphatic rings. The number of aliphatic hydroxyl groups excluding tert-OH is 1. The summed E-state index contributed by atoms with van der Waals surface area (Å²) in [7, 11) is 0. The first-order chi connectivity index (χ1) is 28.4. The van der Waals surface area contributed by atoms with E-state index in [1.54, 1.807) is 31.2 Å². The molecule has 18 heteroatoms. The number of benzene rings is 3. The van der Waals surface area contributed by atoms with Crippen molar-refractivity contribution in [1.29, 1.82) is 0 Å². The molecule has 3 amide bonds. The third-order valence-corrected chi connectivity index (χ3v) is 10.6. The predicted octanol–water partition coefficient (Wildman–Crippen LogP) is 4.60. The summed E-state index contributed by atoms with van der Waals surface area (Å²) in [6.07, 6.45) is -8.18. The van der Waals surface area contributed by atoms with Crippen LogP contribution in [0.1, 0.15) is 60.5 Å². The molecule has 1 aliphatic heterocycles. The lowest BCUT2D eigenvalue weighted by Crippen LogP contribution is -2.45. The number of fused-ring (bicyclic) bond motifs is 1. The van der Waals surface area contributed by atoms with Gasteiger partial charge in [0, 0.05) is 44.6 Å². The lowest BCUT2D eigenvalue weighted by atomic mass is 9.91. The second kappa shape index (κ2) is 17.6. The van der Waals surface area contributed by atoms with Crippen LogP contribution in [0.4, 0.5) is 29.7 Å². The molecule has 1 aliphatic carbocycles. The van der Waals surface area contributed by atoms with E-state index in [0.29, 0.717) is 37.4 Å². The molecular formula is C41H44F3N9O6. The molecule has 0 bridgehead atoms. The van der Waals surface area contributed by atoms with Gasteiger partial charge in [-0.05, 0) is 41.7 Å². The first kappa shape index (κ1) is 40.8. The second-order valence-electron chi connectivity index (χ2n) is 14.6. The van der Waals surface area contributed by atoms with Crippen molar-refractivity contribution >= 4 is 40.8 Å².